The maximum atomic E-state index is 12.9. The number of halogens is 1. The lowest BCUT2D eigenvalue weighted by Gasteiger charge is -2.42. The molecule has 1 aliphatic carbocycles. The van der Waals surface area contributed by atoms with E-state index in [1.54, 1.807) is 12.1 Å². The normalized spacial score (nSPS) is 25.9. The van der Waals surface area contributed by atoms with Crippen molar-refractivity contribution in [1.82, 2.24) is 4.90 Å². The molecule has 0 bridgehead atoms. The van der Waals surface area contributed by atoms with Crippen LogP contribution in [-0.2, 0) is 0 Å². The molecular formula is C16H21FN2S. The van der Waals surface area contributed by atoms with E-state index in [0.717, 1.165) is 35.7 Å². The Hall–Kier alpha value is -1.16. The molecule has 1 saturated carbocycles. The molecule has 0 amide bonds. The molecule has 1 aromatic rings. The molecule has 1 aromatic carbocycles. The Balaban J connectivity index is 1.58. The highest BCUT2D eigenvalue weighted by molar-refractivity contribution is 7.80. The number of piperidine rings is 1. The molecule has 2 atom stereocenters. The zero-order valence-electron chi connectivity index (χ0n) is 11.6. The van der Waals surface area contributed by atoms with Crippen LogP contribution in [0.15, 0.2) is 24.3 Å². The van der Waals surface area contributed by atoms with E-state index in [2.05, 4.69) is 10.2 Å². The summed E-state index contributed by atoms with van der Waals surface area (Å²) in [5, 5.41) is 4.00. The van der Waals surface area contributed by atoms with Crippen molar-refractivity contribution in [2.45, 2.75) is 32.1 Å². The fourth-order valence-electron chi connectivity index (χ4n) is 3.52. The first kappa shape index (κ1) is 13.8. The molecule has 0 spiro atoms. The summed E-state index contributed by atoms with van der Waals surface area (Å²) in [4.78, 5) is 2.28. The minimum Gasteiger partial charge on any atom is -0.349 e. The van der Waals surface area contributed by atoms with E-state index in [1.165, 1.54) is 44.2 Å². The van der Waals surface area contributed by atoms with Crippen LogP contribution >= 0.6 is 12.2 Å². The van der Waals surface area contributed by atoms with Crippen LogP contribution in [0, 0.1) is 17.7 Å². The van der Waals surface area contributed by atoms with Gasteiger partial charge in [-0.3, -0.25) is 0 Å². The summed E-state index contributed by atoms with van der Waals surface area (Å²) < 4.78 is 12.9. The Labute approximate surface area is 125 Å². The highest BCUT2D eigenvalue weighted by Gasteiger charge is 2.31. The van der Waals surface area contributed by atoms with Gasteiger partial charge in [0, 0.05) is 18.8 Å². The highest BCUT2D eigenvalue weighted by Crippen LogP contribution is 2.36. The second-order valence-electron chi connectivity index (χ2n) is 5.98. The van der Waals surface area contributed by atoms with Crippen molar-refractivity contribution >= 4 is 23.0 Å². The van der Waals surface area contributed by atoms with Crippen molar-refractivity contribution in [3.8, 4) is 0 Å². The van der Waals surface area contributed by atoms with E-state index in [1.807, 2.05) is 0 Å². The lowest BCUT2D eigenvalue weighted by atomic mass is 9.75. The summed E-state index contributed by atoms with van der Waals surface area (Å²) in [6.45, 7) is 2.13. The number of fused-ring (bicyclic) bond motifs is 1. The van der Waals surface area contributed by atoms with Gasteiger partial charge in [-0.05, 0) is 61.2 Å². The van der Waals surface area contributed by atoms with E-state index < -0.39 is 0 Å². The molecule has 1 N–H and O–H groups in total. The highest BCUT2D eigenvalue weighted by atomic mass is 32.1. The standard InChI is InChI=1S/C16H21FN2S/c17-14-5-7-15(8-6-14)18-16(20)19-10-9-12-3-1-2-4-13(12)11-19/h5-8,12-13H,1-4,9-11H2,(H,18,20)/t12-,13+/m0/s1. The molecule has 1 heterocycles. The van der Waals surface area contributed by atoms with Crippen LogP contribution in [0.2, 0.25) is 0 Å². The zero-order valence-corrected chi connectivity index (χ0v) is 12.5. The Morgan fingerprint density at radius 2 is 1.80 bits per heavy atom. The smallest absolute Gasteiger partial charge is 0.173 e. The SMILES string of the molecule is Fc1ccc(NC(=S)N2CC[C@@H]3CCCC[C@@H]3C2)cc1. The number of anilines is 1. The first-order valence-electron chi connectivity index (χ1n) is 7.54. The molecular weight excluding hydrogens is 271 g/mol. The van der Waals surface area contributed by atoms with Crippen LogP contribution in [0.4, 0.5) is 10.1 Å². The van der Waals surface area contributed by atoms with E-state index in [4.69, 9.17) is 12.2 Å². The molecule has 0 radical (unpaired) electrons. The number of rotatable bonds is 1. The van der Waals surface area contributed by atoms with Gasteiger partial charge in [0.15, 0.2) is 5.11 Å². The van der Waals surface area contributed by atoms with E-state index in [-0.39, 0.29) is 5.82 Å². The average molecular weight is 292 g/mol. The summed E-state index contributed by atoms with van der Waals surface area (Å²) in [5.41, 5.74) is 0.863. The first-order valence-corrected chi connectivity index (χ1v) is 7.95. The van der Waals surface area contributed by atoms with E-state index in [0.29, 0.717) is 0 Å². The molecule has 2 fully saturated rings. The fourth-order valence-corrected chi connectivity index (χ4v) is 3.80. The molecule has 1 aliphatic heterocycles. The van der Waals surface area contributed by atoms with Gasteiger partial charge in [0.2, 0.25) is 0 Å². The van der Waals surface area contributed by atoms with Crippen LogP contribution in [0.25, 0.3) is 0 Å². The third-order valence-corrected chi connectivity index (χ3v) is 5.03. The van der Waals surface area contributed by atoms with Gasteiger partial charge >= 0.3 is 0 Å². The fraction of sp³-hybridized carbons (Fsp3) is 0.562. The molecule has 2 aliphatic rings. The monoisotopic (exact) mass is 292 g/mol. The predicted molar refractivity (Wildman–Crippen MR) is 84.3 cm³/mol. The maximum Gasteiger partial charge on any atom is 0.173 e. The van der Waals surface area contributed by atoms with Gasteiger partial charge in [0.1, 0.15) is 5.82 Å². The Morgan fingerprint density at radius 3 is 2.55 bits per heavy atom. The van der Waals surface area contributed by atoms with Crippen LogP contribution in [0.3, 0.4) is 0 Å². The Morgan fingerprint density at radius 1 is 1.10 bits per heavy atom. The lowest BCUT2D eigenvalue weighted by Crippen LogP contribution is -2.46. The number of likely N-dealkylation sites (tertiary alicyclic amines) is 1. The number of hydrogen-bond donors (Lipinski definition) is 1. The molecule has 3 rings (SSSR count). The largest absolute Gasteiger partial charge is 0.349 e. The summed E-state index contributed by atoms with van der Waals surface area (Å²) in [6, 6.07) is 6.38. The molecule has 108 valence electrons. The minimum absolute atomic E-state index is 0.218. The molecule has 2 nitrogen and oxygen atoms in total. The summed E-state index contributed by atoms with van der Waals surface area (Å²) in [6.07, 6.45) is 6.78. The van der Waals surface area contributed by atoms with Gasteiger partial charge in [-0.2, -0.15) is 0 Å². The van der Waals surface area contributed by atoms with Crippen LogP contribution < -0.4 is 5.32 Å². The maximum absolute atomic E-state index is 12.9. The van der Waals surface area contributed by atoms with Gasteiger partial charge < -0.3 is 10.2 Å². The third-order valence-electron chi connectivity index (χ3n) is 4.67. The molecule has 0 aromatic heterocycles. The number of thiocarbonyl (C=S) groups is 1. The lowest BCUT2D eigenvalue weighted by molar-refractivity contribution is 0.131. The van der Waals surface area contributed by atoms with E-state index >= 15 is 0 Å². The quantitative estimate of drug-likeness (QED) is 0.787. The summed E-state index contributed by atoms with van der Waals surface area (Å²) >= 11 is 5.50. The van der Waals surface area contributed by atoms with Gasteiger partial charge in [0.25, 0.3) is 0 Å². The van der Waals surface area contributed by atoms with Crippen LogP contribution in [0.1, 0.15) is 32.1 Å². The van der Waals surface area contributed by atoms with Gasteiger partial charge in [-0.15, -0.1) is 0 Å². The van der Waals surface area contributed by atoms with Crippen molar-refractivity contribution in [1.29, 1.82) is 0 Å². The number of nitrogens with zero attached hydrogens (tertiary/aromatic N) is 1. The molecule has 4 heteroatoms. The second kappa shape index (κ2) is 6.08. The number of nitrogens with one attached hydrogen (secondary N) is 1. The minimum atomic E-state index is -0.218. The van der Waals surface area contributed by atoms with Crippen molar-refractivity contribution in [3.05, 3.63) is 30.1 Å². The van der Waals surface area contributed by atoms with Crippen LogP contribution in [-0.4, -0.2) is 23.1 Å². The Bertz CT molecular complexity index is 474. The van der Waals surface area contributed by atoms with Gasteiger partial charge in [-0.25, -0.2) is 4.39 Å². The van der Waals surface area contributed by atoms with Crippen molar-refractivity contribution in [2.75, 3.05) is 18.4 Å². The average Bonchev–Trinajstić information content (AvgIpc) is 2.49. The van der Waals surface area contributed by atoms with Gasteiger partial charge in [0.05, 0.1) is 0 Å². The van der Waals surface area contributed by atoms with E-state index in [9.17, 15) is 4.39 Å². The first-order chi connectivity index (χ1) is 9.72. The topological polar surface area (TPSA) is 15.3 Å². The van der Waals surface area contributed by atoms with Crippen molar-refractivity contribution in [2.24, 2.45) is 11.8 Å². The second-order valence-corrected chi connectivity index (χ2v) is 6.36. The Kier molecular flexibility index (Phi) is 4.20. The molecule has 0 unspecified atom stereocenters. The number of benzene rings is 1. The predicted octanol–water partition coefficient (Wildman–Crippen LogP) is 4.03. The van der Waals surface area contributed by atoms with Crippen molar-refractivity contribution in [3.63, 3.8) is 0 Å². The molecule has 20 heavy (non-hydrogen) atoms. The van der Waals surface area contributed by atoms with Gasteiger partial charge in [-0.1, -0.05) is 19.3 Å². The summed E-state index contributed by atoms with van der Waals surface area (Å²) in [5.74, 6) is 1.50. The third kappa shape index (κ3) is 3.11. The number of hydrogen-bond acceptors (Lipinski definition) is 1. The zero-order chi connectivity index (χ0) is 13.9. The van der Waals surface area contributed by atoms with Crippen molar-refractivity contribution < 1.29 is 4.39 Å². The molecule has 1 saturated heterocycles. The summed E-state index contributed by atoms with van der Waals surface area (Å²) in [7, 11) is 0. The van der Waals surface area contributed by atoms with Crippen LogP contribution in [0.5, 0.6) is 0 Å².